The molecule has 1 aromatic carbocycles. The number of carbonyl (C=O) groups is 1. The molecule has 0 atom stereocenters. The van der Waals surface area contributed by atoms with E-state index in [-0.39, 0.29) is 10.8 Å². The molecule has 10 heteroatoms. The smallest absolute Gasteiger partial charge is 0.248 e. The normalized spacial score (nSPS) is 11.6. The van der Waals surface area contributed by atoms with Crippen molar-refractivity contribution in [1.82, 2.24) is 24.5 Å². The highest BCUT2D eigenvalue weighted by molar-refractivity contribution is 7.89. The Morgan fingerprint density at radius 3 is 2.68 bits per heavy atom. The number of nitrogens with zero attached hydrogens (tertiary/aromatic N) is 4. The molecule has 2 aromatic heterocycles. The van der Waals surface area contributed by atoms with E-state index in [9.17, 15) is 13.2 Å². The standard InChI is InChI=1S/C18H18N6O3S/c1-2-22-28(26,27)15-8-5-14(6-9-15)7-10-17(25)23-16-4-3-11-20-18(16)24-13-19-12-21-24/h3-13,22H,2H2,1H3,(H,23,25)/b10-7+. The van der Waals surface area contributed by atoms with Gasteiger partial charge >= 0.3 is 0 Å². The Labute approximate surface area is 162 Å². The minimum absolute atomic E-state index is 0.170. The molecular weight excluding hydrogens is 380 g/mol. The Kier molecular flexibility index (Phi) is 5.92. The van der Waals surface area contributed by atoms with Crippen LogP contribution in [0.25, 0.3) is 11.9 Å². The second-order valence-corrected chi connectivity index (χ2v) is 7.37. The zero-order valence-corrected chi connectivity index (χ0v) is 15.8. The molecule has 2 heterocycles. The summed E-state index contributed by atoms with van der Waals surface area (Å²) in [5.41, 5.74) is 1.17. The van der Waals surface area contributed by atoms with Gasteiger partial charge in [-0.25, -0.2) is 27.8 Å². The summed E-state index contributed by atoms with van der Waals surface area (Å²) in [7, 11) is -3.50. The summed E-state index contributed by atoms with van der Waals surface area (Å²) in [6.07, 6.45) is 7.39. The largest absolute Gasteiger partial charge is 0.319 e. The molecule has 144 valence electrons. The van der Waals surface area contributed by atoms with Gasteiger partial charge in [0, 0.05) is 18.8 Å². The van der Waals surface area contributed by atoms with Gasteiger partial charge in [0.1, 0.15) is 12.7 Å². The molecule has 1 amide bonds. The van der Waals surface area contributed by atoms with E-state index in [1.807, 2.05) is 0 Å². The molecule has 9 nitrogen and oxygen atoms in total. The number of anilines is 1. The second-order valence-electron chi connectivity index (χ2n) is 5.61. The third-order valence-electron chi connectivity index (χ3n) is 3.63. The van der Waals surface area contributed by atoms with Crippen molar-refractivity contribution in [1.29, 1.82) is 0 Å². The fourth-order valence-electron chi connectivity index (χ4n) is 2.37. The van der Waals surface area contributed by atoms with Crippen LogP contribution in [-0.4, -0.2) is 40.6 Å². The molecule has 0 aliphatic carbocycles. The maximum atomic E-state index is 12.2. The topological polar surface area (TPSA) is 119 Å². The molecule has 0 spiro atoms. The van der Waals surface area contributed by atoms with Crippen LogP contribution in [0.1, 0.15) is 12.5 Å². The summed E-state index contributed by atoms with van der Waals surface area (Å²) in [5, 5.41) is 6.75. The van der Waals surface area contributed by atoms with Crippen molar-refractivity contribution in [3.05, 3.63) is 66.9 Å². The Hall–Kier alpha value is -3.37. The van der Waals surface area contributed by atoms with Gasteiger partial charge in [-0.2, -0.15) is 5.10 Å². The van der Waals surface area contributed by atoms with Crippen molar-refractivity contribution in [2.75, 3.05) is 11.9 Å². The minimum atomic E-state index is -3.50. The number of benzene rings is 1. The van der Waals surface area contributed by atoms with Crippen LogP contribution in [0.15, 0.2) is 66.2 Å². The molecular formula is C18H18N6O3S. The minimum Gasteiger partial charge on any atom is -0.319 e. The number of carbonyl (C=O) groups excluding carboxylic acids is 1. The van der Waals surface area contributed by atoms with Gasteiger partial charge in [-0.3, -0.25) is 4.79 Å². The lowest BCUT2D eigenvalue weighted by molar-refractivity contribution is -0.111. The molecule has 0 bridgehead atoms. The predicted octanol–water partition coefficient (Wildman–Crippen LogP) is 1.61. The van der Waals surface area contributed by atoms with Crippen molar-refractivity contribution in [3.63, 3.8) is 0 Å². The van der Waals surface area contributed by atoms with E-state index in [0.717, 1.165) is 0 Å². The van der Waals surface area contributed by atoms with Gasteiger partial charge in [0.05, 0.1) is 10.6 Å². The molecule has 0 unspecified atom stereocenters. The van der Waals surface area contributed by atoms with Crippen LogP contribution in [0.2, 0.25) is 0 Å². The maximum Gasteiger partial charge on any atom is 0.248 e. The average Bonchev–Trinajstić information content (AvgIpc) is 3.22. The van der Waals surface area contributed by atoms with Crippen LogP contribution in [0.5, 0.6) is 0 Å². The lowest BCUT2D eigenvalue weighted by atomic mass is 10.2. The highest BCUT2D eigenvalue weighted by atomic mass is 32.2. The maximum absolute atomic E-state index is 12.2. The molecule has 2 N–H and O–H groups in total. The van der Waals surface area contributed by atoms with E-state index in [0.29, 0.717) is 23.6 Å². The van der Waals surface area contributed by atoms with Gasteiger partial charge in [0.15, 0.2) is 5.82 Å². The van der Waals surface area contributed by atoms with E-state index >= 15 is 0 Å². The highest BCUT2D eigenvalue weighted by Crippen LogP contribution is 2.16. The van der Waals surface area contributed by atoms with Crippen molar-refractivity contribution in [2.45, 2.75) is 11.8 Å². The molecule has 28 heavy (non-hydrogen) atoms. The van der Waals surface area contributed by atoms with E-state index in [1.54, 1.807) is 43.5 Å². The Morgan fingerprint density at radius 1 is 1.21 bits per heavy atom. The molecule has 0 saturated carbocycles. The summed E-state index contributed by atoms with van der Waals surface area (Å²) in [5.74, 6) is 0.0819. The fourth-order valence-corrected chi connectivity index (χ4v) is 3.41. The summed E-state index contributed by atoms with van der Waals surface area (Å²) >= 11 is 0. The molecule has 0 aliphatic heterocycles. The number of sulfonamides is 1. The van der Waals surface area contributed by atoms with E-state index in [4.69, 9.17) is 0 Å². The first-order valence-corrected chi connectivity index (χ1v) is 9.87. The van der Waals surface area contributed by atoms with Crippen LogP contribution in [0, 0.1) is 0 Å². The number of aromatic nitrogens is 4. The van der Waals surface area contributed by atoms with Crippen molar-refractivity contribution < 1.29 is 13.2 Å². The van der Waals surface area contributed by atoms with Crippen LogP contribution in [0.3, 0.4) is 0 Å². The van der Waals surface area contributed by atoms with Gasteiger partial charge in [-0.05, 0) is 35.9 Å². The first-order valence-electron chi connectivity index (χ1n) is 8.38. The number of nitrogens with one attached hydrogen (secondary N) is 2. The Bertz CT molecular complexity index is 1080. The number of rotatable bonds is 7. The third-order valence-corrected chi connectivity index (χ3v) is 5.19. The fraction of sp³-hybridized carbons (Fsp3) is 0.111. The van der Waals surface area contributed by atoms with E-state index in [2.05, 4.69) is 25.1 Å². The third kappa shape index (κ3) is 4.67. The zero-order valence-electron chi connectivity index (χ0n) is 15.0. The Morgan fingerprint density at radius 2 is 2.00 bits per heavy atom. The lowest BCUT2D eigenvalue weighted by Crippen LogP contribution is -2.22. The van der Waals surface area contributed by atoms with Crippen molar-refractivity contribution in [3.8, 4) is 5.82 Å². The molecule has 3 aromatic rings. The molecule has 0 radical (unpaired) electrons. The molecule has 0 fully saturated rings. The summed E-state index contributed by atoms with van der Waals surface area (Å²) in [6.45, 7) is 2.03. The van der Waals surface area contributed by atoms with Crippen LogP contribution in [-0.2, 0) is 14.8 Å². The van der Waals surface area contributed by atoms with Crippen molar-refractivity contribution in [2.24, 2.45) is 0 Å². The first kappa shape index (κ1) is 19.4. The monoisotopic (exact) mass is 398 g/mol. The highest BCUT2D eigenvalue weighted by Gasteiger charge is 2.11. The number of hydrogen-bond donors (Lipinski definition) is 2. The molecule has 0 saturated heterocycles. The number of pyridine rings is 1. The second kappa shape index (κ2) is 8.55. The number of amides is 1. The van der Waals surface area contributed by atoms with Gasteiger partial charge in [0.25, 0.3) is 0 Å². The van der Waals surface area contributed by atoms with Crippen LogP contribution >= 0.6 is 0 Å². The Balaban J connectivity index is 1.70. The molecule has 0 aliphatic rings. The van der Waals surface area contributed by atoms with Gasteiger partial charge in [-0.15, -0.1) is 0 Å². The van der Waals surface area contributed by atoms with Gasteiger partial charge < -0.3 is 5.32 Å². The van der Waals surface area contributed by atoms with Gasteiger partial charge in [-0.1, -0.05) is 19.1 Å². The number of hydrogen-bond acceptors (Lipinski definition) is 6. The summed E-state index contributed by atoms with van der Waals surface area (Å²) < 4.78 is 27.7. The molecule has 3 rings (SSSR count). The zero-order chi connectivity index (χ0) is 20.0. The predicted molar refractivity (Wildman–Crippen MR) is 104 cm³/mol. The summed E-state index contributed by atoms with van der Waals surface area (Å²) in [4.78, 5) is 20.5. The lowest BCUT2D eigenvalue weighted by Gasteiger charge is -2.07. The van der Waals surface area contributed by atoms with E-state index < -0.39 is 10.0 Å². The van der Waals surface area contributed by atoms with Gasteiger partial charge in [0.2, 0.25) is 15.9 Å². The van der Waals surface area contributed by atoms with E-state index in [1.165, 1.54) is 35.5 Å². The average molecular weight is 398 g/mol. The first-order chi connectivity index (χ1) is 13.5. The SMILES string of the molecule is CCNS(=O)(=O)c1ccc(/C=C/C(=O)Nc2cccnc2-n2cncn2)cc1. The van der Waals surface area contributed by atoms with Crippen LogP contribution < -0.4 is 10.0 Å². The quantitative estimate of drug-likeness (QED) is 0.584. The summed E-state index contributed by atoms with van der Waals surface area (Å²) in [6, 6.07) is 9.62. The van der Waals surface area contributed by atoms with Crippen molar-refractivity contribution >= 4 is 27.7 Å². The van der Waals surface area contributed by atoms with Crippen LogP contribution in [0.4, 0.5) is 5.69 Å².